The molecular formula is C8H7O3S2. The van der Waals surface area contributed by atoms with Gasteiger partial charge in [0.15, 0.2) is 0 Å². The van der Waals surface area contributed by atoms with Crippen LogP contribution in [-0.2, 0) is 10.1 Å². The second kappa shape index (κ2) is 3.95. The van der Waals surface area contributed by atoms with Crippen molar-refractivity contribution in [2.24, 2.45) is 0 Å². The first-order chi connectivity index (χ1) is 6.05. The van der Waals surface area contributed by atoms with Crippen LogP contribution in [0.5, 0.6) is 0 Å². The Morgan fingerprint density at radius 2 is 1.85 bits per heavy atom. The quantitative estimate of drug-likeness (QED) is 0.613. The topological polar surface area (TPSA) is 54.4 Å². The van der Waals surface area contributed by atoms with Crippen LogP contribution in [0.2, 0.25) is 0 Å². The average molecular weight is 215 g/mol. The fraction of sp³-hybridized carbons (Fsp3) is 0.125. The Labute approximate surface area is 82.1 Å². The molecule has 13 heavy (non-hydrogen) atoms. The summed E-state index contributed by atoms with van der Waals surface area (Å²) < 4.78 is 30.4. The molecule has 0 bridgehead atoms. The van der Waals surface area contributed by atoms with Crippen LogP contribution in [0, 0.1) is 0 Å². The Kier molecular flexibility index (Phi) is 3.13. The van der Waals surface area contributed by atoms with Crippen molar-refractivity contribution in [3.05, 3.63) is 35.9 Å². The standard InChI is InChI=1S/C8H7O3S2/c9-13(10,11)8(6-12)7-4-2-1-3-5-7/h1-5,8H,(H,9,10,11). The summed E-state index contributed by atoms with van der Waals surface area (Å²) in [5.41, 5.74) is 0.417. The van der Waals surface area contributed by atoms with Gasteiger partial charge in [-0.3, -0.25) is 4.55 Å². The van der Waals surface area contributed by atoms with Crippen LogP contribution in [0.4, 0.5) is 0 Å². The van der Waals surface area contributed by atoms with E-state index in [1.54, 1.807) is 30.3 Å². The van der Waals surface area contributed by atoms with Crippen molar-refractivity contribution in [1.82, 2.24) is 0 Å². The molecule has 1 rings (SSSR count). The van der Waals surface area contributed by atoms with E-state index in [0.29, 0.717) is 5.56 Å². The molecule has 5 heteroatoms. The maximum absolute atomic E-state index is 10.8. The van der Waals surface area contributed by atoms with Crippen LogP contribution in [0.15, 0.2) is 30.3 Å². The van der Waals surface area contributed by atoms with Gasteiger partial charge in [-0.25, -0.2) is 0 Å². The molecule has 0 aromatic heterocycles. The Morgan fingerprint density at radius 1 is 1.31 bits per heavy atom. The highest BCUT2D eigenvalue weighted by Crippen LogP contribution is 2.18. The van der Waals surface area contributed by atoms with E-state index in [1.165, 1.54) is 0 Å². The molecule has 1 atom stereocenters. The first-order valence-electron chi connectivity index (χ1n) is 3.44. The minimum absolute atomic E-state index is 0.417. The highest BCUT2D eigenvalue weighted by molar-refractivity contribution is 7.89. The van der Waals surface area contributed by atoms with E-state index in [2.05, 4.69) is 17.6 Å². The van der Waals surface area contributed by atoms with Crippen molar-refractivity contribution in [3.63, 3.8) is 0 Å². The van der Waals surface area contributed by atoms with E-state index in [-0.39, 0.29) is 0 Å². The molecule has 1 aromatic rings. The summed E-state index contributed by atoms with van der Waals surface area (Å²) in [7, 11) is -4.18. The highest BCUT2D eigenvalue weighted by atomic mass is 32.2. The van der Waals surface area contributed by atoms with Gasteiger partial charge in [0, 0.05) is 0 Å². The van der Waals surface area contributed by atoms with Crippen molar-refractivity contribution < 1.29 is 13.0 Å². The van der Waals surface area contributed by atoms with Crippen molar-refractivity contribution in [2.45, 2.75) is 5.25 Å². The van der Waals surface area contributed by atoms with E-state index in [1.807, 2.05) is 0 Å². The Morgan fingerprint density at radius 3 is 2.23 bits per heavy atom. The maximum atomic E-state index is 10.8. The van der Waals surface area contributed by atoms with Crippen LogP contribution in [0.25, 0.3) is 0 Å². The van der Waals surface area contributed by atoms with Gasteiger partial charge in [-0.1, -0.05) is 42.5 Å². The van der Waals surface area contributed by atoms with Gasteiger partial charge < -0.3 is 0 Å². The molecule has 0 spiro atoms. The van der Waals surface area contributed by atoms with Gasteiger partial charge in [-0.2, -0.15) is 8.42 Å². The van der Waals surface area contributed by atoms with Gasteiger partial charge >= 0.3 is 0 Å². The van der Waals surface area contributed by atoms with Crippen molar-refractivity contribution in [3.8, 4) is 0 Å². The molecule has 0 amide bonds. The number of benzene rings is 1. The van der Waals surface area contributed by atoms with Crippen molar-refractivity contribution >= 4 is 27.7 Å². The molecule has 3 nitrogen and oxygen atoms in total. The third-order valence-electron chi connectivity index (χ3n) is 1.51. The van der Waals surface area contributed by atoms with Gasteiger partial charge in [-0.15, -0.1) is 0 Å². The monoisotopic (exact) mass is 215 g/mol. The van der Waals surface area contributed by atoms with Crippen molar-refractivity contribution in [2.75, 3.05) is 0 Å². The van der Waals surface area contributed by atoms with Crippen LogP contribution < -0.4 is 0 Å². The minimum Gasteiger partial charge on any atom is -0.285 e. The second-order valence-corrected chi connectivity index (χ2v) is 4.16. The fourth-order valence-corrected chi connectivity index (χ4v) is 2.05. The first-order valence-corrected chi connectivity index (χ1v) is 5.36. The van der Waals surface area contributed by atoms with Crippen LogP contribution in [0.1, 0.15) is 10.8 Å². The van der Waals surface area contributed by atoms with E-state index in [9.17, 15) is 8.42 Å². The highest BCUT2D eigenvalue weighted by Gasteiger charge is 2.22. The SMILES string of the molecule is O=S(=O)(O)C([C]=S)c1ccccc1. The molecule has 0 saturated heterocycles. The second-order valence-electron chi connectivity index (χ2n) is 2.42. The van der Waals surface area contributed by atoms with Crippen LogP contribution >= 0.6 is 12.2 Å². The molecule has 69 valence electrons. The molecule has 0 aliphatic carbocycles. The lowest BCUT2D eigenvalue weighted by Gasteiger charge is -2.06. The summed E-state index contributed by atoms with van der Waals surface area (Å²) in [6.45, 7) is 0. The number of rotatable bonds is 3. The van der Waals surface area contributed by atoms with Gasteiger partial charge in [0.2, 0.25) is 0 Å². The van der Waals surface area contributed by atoms with Gasteiger partial charge in [-0.05, 0) is 5.56 Å². The first kappa shape index (κ1) is 10.3. The molecule has 1 unspecified atom stereocenters. The van der Waals surface area contributed by atoms with Crippen LogP contribution in [0.3, 0.4) is 0 Å². The Balaban J connectivity index is 3.13. The molecule has 0 saturated carbocycles. The molecule has 0 fully saturated rings. The summed E-state index contributed by atoms with van der Waals surface area (Å²) in [5, 5.41) is 0.871. The average Bonchev–Trinajstić information content (AvgIpc) is 2.05. The largest absolute Gasteiger partial charge is 0.285 e. The molecule has 1 N–H and O–H groups in total. The lowest BCUT2D eigenvalue weighted by Crippen LogP contribution is -2.12. The summed E-state index contributed by atoms with van der Waals surface area (Å²) in [6, 6.07) is 8.21. The lowest BCUT2D eigenvalue weighted by atomic mass is 10.2. The number of hydrogen-bond acceptors (Lipinski definition) is 3. The van der Waals surface area contributed by atoms with E-state index in [0.717, 1.165) is 0 Å². The minimum atomic E-state index is -4.18. The number of thiocarbonyl (C=S) groups is 1. The zero-order chi connectivity index (χ0) is 9.90. The van der Waals surface area contributed by atoms with Gasteiger partial charge in [0.1, 0.15) is 5.25 Å². The molecule has 0 aliphatic rings. The normalized spacial score (nSPS) is 13.6. The smallest absolute Gasteiger partial charge is 0.277 e. The summed E-state index contributed by atoms with van der Waals surface area (Å²) in [6.07, 6.45) is 0. The molecule has 1 aromatic carbocycles. The zero-order valence-corrected chi connectivity index (χ0v) is 8.18. The van der Waals surface area contributed by atoms with E-state index < -0.39 is 15.4 Å². The van der Waals surface area contributed by atoms with Crippen molar-refractivity contribution in [1.29, 1.82) is 0 Å². The maximum Gasteiger partial charge on any atom is 0.277 e. The summed E-state index contributed by atoms with van der Waals surface area (Å²) >= 11 is 4.41. The molecular weight excluding hydrogens is 208 g/mol. The lowest BCUT2D eigenvalue weighted by molar-refractivity contribution is 0.479. The van der Waals surface area contributed by atoms with E-state index >= 15 is 0 Å². The Bertz CT molecular complexity index is 383. The summed E-state index contributed by atoms with van der Waals surface area (Å²) in [5.74, 6) is 0. The third kappa shape index (κ3) is 2.58. The molecule has 0 heterocycles. The predicted molar refractivity (Wildman–Crippen MR) is 53.3 cm³/mol. The van der Waals surface area contributed by atoms with Gasteiger partial charge in [0.25, 0.3) is 10.1 Å². The fourth-order valence-electron chi connectivity index (χ4n) is 0.929. The third-order valence-corrected chi connectivity index (χ3v) is 2.88. The molecule has 0 aliphatic heterocycles. The summed E-state index contributed by atoms with van der Waals surface area (Å²) in [4.78, 5) is 0. The van der Waals surface area contributed by atoms with Crippen LogP contribution in [-0.4, -0.2) is 18.3 Å². The van der Waals surface area contributed by atoms with Gasteiger partial charge in [0.05, 0.1) is 5.37 Å². The molecule has 1 radical (unpaired) electrons. The number of hydrogen-bond donors (Lipinski definition) is 1. The zero-order valence-electron chi connectivity index (χ0n) is 6.54. The van der Waals surface area contributed by atoms with E-state index in [4.69, 9.17) is 4.55 Å². The Hall–Kier alpha value is -0.780. The predicted octanol–water partition coefficient (Wildman–Crippen LogP) is 1.49.